The van der Waals surface area contributed by atoms with Crippen LogP contribution < -0.4 is 5.32 Å². The van der Waals surface area contributed by atoms with Gasteiger partial charge in [-0.2, -0.15) is 0 Å². The van der Waals surface area contributed by atoms with Gasteiger partial charge < -0.3 is 14.3 Å². The Bertz CT molecular complexity index is 3450. The molecule has 0 aliphatic carbocycles. The summed E-state index contributed by atoms with van der Waals surface area (Å²) in [6.07, 6.45) is -0.313. The second-order valence-electron chi connectivity index (χ2n) is 14.6. The molecule has 5 nitrogen and oxygen atoms in total. The number of rotatable bonds is 5. The Morgan fingerprint density at radius 1 is 0.509 bits per heavy atom. The zero-order chi connectivity index (χ0) is 37.5. The normalized spacial score (nSPS) is 14.5. The molecule has 1 N–H and O–H groups in total. The summed E-state index contributed by atoms with van der Waals surface area (Å²) in [6, 6.07) is 64.4. The lowest BCUT2D eigenvalue weighted by molar-refractivity contribution is 0.668. The van der Waals surface area contributed by atoms with E-state index < -0.39 is 0 Å². The Morgan fingerprint density at radius 3 is 2.02 bits per heavy atom. The Balaban J connectivity index is 0.965. The molecule has 1 unspecified atom stereocenters. The van der Waals surface area contributed by atoms with Gasteiger partial charge in [0, 0.05) is 58.5 Å². The summed E-state index contributed by atoms with van der Waals surface area (Å²) in [6.45, 7) is 0. The summed E-state index contributed by atoms with van der Waals surface area (Å²) in [5, 5.41) is 10.8. The lowest BCUT2D eigenvalue weighted by atomic mass is 9.98. The van der Waals surface area contributed by atoms with Crippen LogP contribution in [0.1, 0.15) is 22.9 Å². The first-order valence-corrected chi connectivity index (χ1v) is 20.0. The molecule has 0 fully saturated rings. The predicted molar refractivity (Wildman–Crippen MR) is 238 cm³/mol. The highest BCUT2D eigenvalue weighted by molar-refractivity contribution is 7.25. The van der Waals surface area contributed by atoms with Crippen molar-refractivity contribution in [3.05, 3.63) is 199 Å². The molecule has 12 rings (SSSR count). The van der Waals surface area contributed by atoms with Gasteiger partial charge in [-0.1, -0.05) is 121 Å². The Hall–Kier alpha value is -7.28. The van der Waals surface area contributed by atoms with E-state index >= 15 is 0 Å². The van der Waals surface area contributed by atoms with Crippen molar-refractivity contribution in [3.63, 3.8) is 0 Å². The number of hydrogen-bond donors (Lipinski definition) is 1. The van der Waals surface area contributed by atoms with Crippen molar-refractivity contribution in [1.82, 2.24) is 9.88 Å². The number of hydrogen-bond acceptors (Lipinski definition) is 5. The first kappa shape index (κ1) is 32.0. The van der Waals surface area contributed by atoms with Gasteiger partial charge in [0.15, 0.2) is 5.84 Å². The van der Waals surface area contributed by atoms with Gasteiger partial charge in [0.25, 0.3) is 0 Å². The third-order valence-electron chi connectivity index (χ3n) is 11.3. The van der Waals surface area contributed by atoms with E-state index in [0.717, 1.165) is 55.7 Å². The maximum Gasteiger partial charge on any atom is 0.159 e. The smallest absolute Gasteiger partial charge is 0.159 e. The fraction of sp³-hybridized carbons (Fsp3) is 0.0196. The highest BCUT2D eigenvalue weighted by atomic mass is 32.1. The number of para-hydroxylation sites is 2. The van der Waals surface area contributed by atoms with Crippen molar-refractivity contribution in [2.45, 2.75) is 6.17 Å². The number of nitrogens with zero attached hydrogens (tertiary/aromatic N) is 3. The zero-order valence-electron chi connectivity index (χ0n) is 30.6. The van der Waals surface area contributed by atoms with Crippen LogP contribution in [0.5, 0.6) is 0 Å². The van der Waals surface area contributed by atoms with Crippen LogP contribution >= 0.6 is 11.3 Å². The van der Waals surface area contributed by atoms with Gasteiger partial charge >= 0.3 is 0 Å². The first-order valence-electron chi connectivity index (χ1n) is 19.2. The third kappa shape index (κ3) is 5.15. The second kappa shape index (κ2) is 12.6. The molecular weight excluding hydrogens is 717 g/mol. The molecule has 0 amide bonds. The summed E-state index contributed by atoms with van der Waals surface area (Å²) in [4.78, 5) is 10.3. The maximum absolute atomic E-state index is 6.70. The summed E-state index contributed by atoms with van der Waals surface area (Å²) >= 11 is 1.82. The van der Waals surface area contributed by atoms with Crippen LogP contribution in [0, 0.1) is 0 Å². The molecule has 0 radical (unpaired) electrons. The quantitative estimate of drug-likeness (QED) is 0.191. The average Bonchev–Trinajstić information content (AvgIpc) is 3.95. The van der Waals surface area contributed by atoms with E-state index in [1.165, 1.54) is 47.5 Å². The van der Waals surface area contributed by atoms with Crippen LogP contribution in [0.3, 0.4) is 0 Å². The van der Waals surface area contributed by atoms with Gasteiger partial charge in [-0.05, 0) is 77.4 Å². The van der Waals surface area contributed by atoms with Crippen molar-refractivity contribution >= 4 is 86.9 Å². The lowest BCUT2D eigenvalue weighted by Gasteiger charge is -2.23. The average molecular weight is 749 g/mol. The Labute approximate surface area is 331 Å². The summed E-state index contributed by atoms with van der Waals surface area (Å²) < 4.78 is 11.6. The predicted octanol–water partition coefficient (Wildman–Crippen LogP) is 13.2. The fourth-order valence-electron chi connectivity index (χ4n) is 8.60. The number of aliphatic imine (C=N–C) groups is 2. The molecule has 6 heteroatoms. The number of fused-ring (bicyclic) bond motifs is 9. The van der Waals surface area contributed by atoms with E-state index in [1.807, 2.05) is 29.5 Å². The monoisotopic (exact) mass is 748 g/mol. The summed E-state index contributed by atoms with van der Waals surface area (Å²) in [5.74, 6) is 1.46. The molecule has 11 aromatic rings. The van der Waals surface area contributed by atoms with E-state index in [1.54, 1.807) is 0 Å². The Kier molecular flexibility index (Phi) is 7.09. The highest BCUT2D eigenvalue weighted by Crippen LogP contribution is 2.41. The number of benzene rings is 8. The molecule has 0 saturated carbocycles. The molecule has 1 atom stereocenters. The van der Waals surface area contributed by atoms with Gasteiger partial charge in [0.2, 0.25) is 0 Å². The minimum Gasteiger partial charge on any atom is -0.456 e. The molecular formula is C51H32N4OS. The number of nitrogens with one attached hydrogen (secondary N) is 1. The molecule has 0 spiro atoms. The van der Waals surface area contributed by atoms with Crippen molar-refractivity contribution in [2.24, 2.45) is 9.98 Å². The van der Waals surface area contributed by atoms with Crippen LogP contribution in [-0.4, -0.2) is 16.2 Å². The van der Waals surface area contributed by atoms with E-state index in [4.69, 9.17) is 14.4 Å². The largest absolute Gasteiger partial charge is 0.456 e. The summed E-state index contributed by atoms with van der Waals surface area (Å²) in [5.41, 5.74) is 10.5. The number of furan rings is 1. The van der Waals surface area contributed by atoms with E-state index in [-0.39, 0.29) is 6.17 Å². The topological polar surface area (TPSA) is 54.8 Å². The molecule has 57 heavy (non-hydrogen) atoms. The lowest BCUT2D eigenvalue weighted by Crippen LogP contribution is -2.33. The van der Waals surface area contributed by atoms with Crippen LogP contribution in [0.2, 0.25) is 0 Å². The van der Waals surface area contributed by atoms with Crippen LogP contribution in [-0.2, 0) is 0 Å². The number of thiophene rings is 1. The van der Waals surface area contributed by atoms with Gasteiger partial charge in [0.1, 0.15) is 23.2 Å². The van der Waals surface area contributed by atoms with Crippen molar-refractivity contribution in [3.8, 4) is 16.8 Å². The van der Waals surface area contributed by atoms with E-state index in [9.17, 15) is 0 Å². The molecule has 1 aliphatic rings. The molecule has 1 aliphatic heterocycles. The van der Waals surface area contributed by atoms with E-state index in [0.29, 0.717) is 5.84 Å². The van der Waals surface area contributed by atoms with Crippen molar-refractivity contribution in [1.29, 1.82) is 0 Å². The highest BCUT2D eigenvalue weighted by Gasteiger charge is 2.23. The molecule has 0 saturated heterocycles. The minimum absolute atomic E-state index is 0.313. The van der Waals surface area contributed by atoms with Crippen molar-refractivity contribution in [2.75, 3.05) is 0 Å². The number of amidine groups is 2. The first-order chi connectivity index (χ1) is 28.2. The maximum atomic E-state index is 6.70. The van der Waals surface area contributed by atoms with Crippen LogP contribution in [0.15, 0.2) is 196 Å². The molecule has 268 valence electrons. The standard InChI is InChI=1S/C51H32N4OS/c1-3-12-31(13-4-1)49-52-50(54-51(53-49)34-24-27-40-39-16-8-10-21-46(39)57-47(40)30-34)33-23-26-38-37-25-22-32(28-44(37)56-45(38)29-33)36-18-11-20-43-48(36)41-17-7-9-19-42(41)55(43)35-14-5-2-6-15-35/h1-30,51H,(H,52,53,54). The summed E-state index contributed by atoms with van der Waals surface area (Å²) in [7, 11) is 0. The van der Waals surface area contributed by atoms with Gasteiger partial charge in [-0.3, -0.25) is 0 Å². The number of aromatic nitrogens is 1. The Morgan fingerprint density at radius 2 is 1.18 bits per heavy atom. The fourth-order valence-corrected chi connectivity index (χ4v) is 9.76. The SMILES string of the molecule is c1ccc(C2=NC(c3ccc4c(c3)oc3cc(-c5cccc6c5c5ccccc5n6-c5ccccc5)ccc34)=NC(c3ccc4c(c3)sc3ccccc34)N2)cc1. The third-order valence-corrected chi connectivity index (χ3v) is 12.4. The molecule has 3 aromatic heterocycles. The second-order valence-corrected chi connectivity index (χ2v) is 15.7. The minimum atomic E-state index is -0.313. The van der Waals surface area contributed by atoms with Gasteiger partial charge in [0.05, 0.1) is 11.0 Å². The molecule has 0 bridgehead atoms. The van der Waals surface area contributed by atoms with Crippen LogP contribution in [0.4, 0.5) is 0 Å². The molecule has 8 aromatic carbocycles. The van der Waals surface area contributed by atoms with Gasteiger partial charge in [-0.25, -0.2) is 9.98 Å². The van der Waals surface area contributed by atoms with Crippen molar-refractivity contribution < 1.29 is 4.42 Å². The van der Waals surface area contributed by atoms with Crippen LogP contribution in [0.25, 0.3) is 80.7 Å². The van der Waals surface area contributed by atoms with Gasteiger partial charge in [-0.15, -0.1) is 11.3 Å². The van der Waals surface area contributed by atoms with E-state index in [2.05, 4.69) is 174 Å². The molecule has 4 heterocycles. The zero-order valence-corrected chi connectivity index (χ0v) is 31.4.